The molecule has 0 unspecified atom stereocenters. The van der Waals surface area contributed by atoms with Crippen LogP contribution in [0.5, 0.6) is 6.01 Å². The number of alkyl halides is 3. The Morgan fingerprint density at radius 3 is 2.74 bits per heavy atom. The Hall–Kier alpha value is -2.59. The molecule has 0 aliphatic carbocycles. The van der Waals surface area contributed by atoms with E-state index in [1.54, 1.807) is 0 Å². The smallest absolute Gasteiger partial charge is 0.408 e. The summed E-state index contributed by atoms with van der Waals surface area (Å²) in [5.74, 6) is -0.128. The molecule has 0 aromatic carbocycles. The number of guanidine groups is 1. The molecule has 1 rings (SSSR count). The molecule has 0 saturated carbocycles. The molecule has 1 heterocycles. The summed E-state index contributed by atoms with van der Waals surface area (Å²) in [5.41, 5.74) is 10.6. The molecule has 6 N–H and O–H groups in total. The molecule has 0 saturated heterocycles. The Labute approximate surface area is 130 Å². The van der Waals surface area contributed by atoms with Gasteiger partial charge in [0.2, 0.25) is 0 Å². The zero-order valence-corrected chi connectivity index (χ0v) is 12.2. The van der Waals surface area contributed by atoms with Crippen LogP contribution in [0.4, 0.5) is 19.0 Å². The maximum absolute atomic E-state index is 12.0. The number of ether oxygens (including phenoxy) is 1. The van der Waals surface area contributed by atoms with Gasteiger partial charge in [-0.1, -0.05) is 0 Å². The Bertz CT molecular complexity index is 548. The molecule has 1 aromatic heterocycles. The van der Waals surface area contributed by atoms with Gasteiger partial charge in [-0.25, -0.2) is 9.98 Å². The molecular formula is C12H18F3N7O. The standard InChI is InChI=1S/C12H18F3N7O/c13-12(14,15)7-20-10(18)21-9-4-5-19-11(22-9)23-6-2-1-3-8(16)17/h4-5H,1-3,6-7H2,(H3,16,17)(H3,18,19,20,21,22). The molecule has 0 bridgehead atoms. The van der Waals surface area contributed by atoms with Crippen molar-refractivity contribution < 1.29 is 17.9 Å². The molecule has 0 radical (unpaired) electrons. The number of aromatic nitrogens is 2. The second-order valence-electron chi connectivity index (χ2n) is 4.50. The molecule has 0 amide bonds. The van der Waals surface area contributed by atoms with Crippen LogP contribution in [0.1, 0.15) is 19.3 Å². The molecule has 0 spiro atoms. The van der Waals surface area contributed by atoms with Gasteiger partial charge in [0.05, 0.1) is 12.4 Å². The summed E-state index contributed by atoms with van der Waals surface area (Å²) in [7, 11) is 0. The van der Waals surface area contributed by atoms with Crippen molar-refractivity contribution in [3.63, 3.8) is 0 Å². The van der Waals surface area contributed by atoms with Gasteiger partial charge in [0.15, 0.2) is 5.96 Å². The van der Waals surface area contributed by atoms with Crippen molar-refractivity contribution in [3.05, 3.63) is 12.3 Å². The lowest BCUT2D eigenvalue weighted by molar-refractivity contribution is -0.118. The van der Waals surface area contributed by atoms with Crippen molar-refractivity contribution in [2.75, 3.05) is 18.5 Å². The number of aliphatic imine (C=N–C) groups is 1. The number of amidine groups is 1. The first kappa shape index (κ1) is 18.5. The number of unbranched alkanes of at least 4 members (excludes halogenated alkanes) is 1. The first-order valence-electron chi connectivity index (χ1n) is 6.69. The lowest BCUT2D eigenvalue weighted by atomic mass is 10.2. The van der Waals surface area contributed by atoms with Crippen LogP contribution in [0.3, 0.4) is 0 Å². The van der Waals surface area contributed by atoms with E-state index in [9.17, 15) is 13.2 Å². The monoisotopic (exact) mass is 333 g/mol. The third-order valence-electron chi connectivity index (χ3n) is 2.39. The average Bonchev–Trinajstić information content (AvgIpc) is 2.44. The lowest BCUT2D eigenvalue weighted by Gasteiger charge is -2.08. The van der Waals surface area contributed by atoms with E-state index in [1.807, 2.05) is 0 Å². The zero-order valence-electron chi connectivity index (χ0n) is 12.2. The van der Waals surface area contributed by atoms with E-state index in [2.05, 4.69) is 20.3 Å². The van der Waals surface area contributed by atoms with Crippen LogP contribution in [0, 0.1) is 5.41 Å². The van der Waals surface area contributed by atoms with E-state index < -0.39 is 18.7 Å². The predicted octanol–water partition coefficient (Wildman–Crippen LogP) is 1.25. The zero-order chi connectivity index (χ0) is 17.3. The van der Waals surface area contributed by atoms with Crippen LogP contribution in [-0.4, -0.2) is 41.1 Å². The van der Waals surface area contributed by atoms with Crippen molar-refractivity contribution in [3.8, 4) is 6.01 Å². The summed E-state index contributed by atoms with van der Waals surface area (Å²) in [6, 6.07) is 1.47. The highest BCUT2D eigenvalue weighted by atomic mass is 19.4. The first-order chi connectivity index (χ1) is 10.8. The molecule has 128 valence electrons. The van der Waals surface area contributed by atoms with E-state index in [0.717, 1.165) is 0 Å². The number of rotatable bonds is 8. The molecule has 0 aliphatic rings. The normalized spacial score (nSPS) is 12.0. The fourth-order valence-electron chi connectivity index (χ4n) is 1.41. The third-order valence-corrected chi connectivity index (χ3v) is 2.39. The summed E-state index contributed by atoms with van der Waals surface area (Å²) in [4.78, 5) is 10.9. The van der Waals surface area contributed by atoms with Crippen LogP contribution >= 0.6 is 0 Å². The Morgan fingerprint density at radius 1 is 1.35 bits per heavy atom. The highest BCUT2D eigenvalue weighted by molar-refractivity contribution is 5.91. The molecule has 8 nitrogen and oxygen atoms in total. The lowest BCUT2D eigenvalue weighted by Crippen LogP contribution is -2.26. The fourth-order valence-corrected chi connectivity index (χ4v) is 1.41. The number of nitrogens with one attached hydrogen (secondary N) is 2. The summed E-state index contributed by atoms with van der Waals surface area (Å²) in [5, 5.41) is 9.49. The molecule has 1 aromatic rings. The Kier molecular flexibility index (Phi) is 7.03. The van der Waals surface area contributed by atoms with Gasteiger partial charge in [-0.2, -0.15) is 18.2 Å². The summed E-state index contributed by atoms with van der Waals surface area (Å²) in [6.45, 7) is -1.05. The minimum absolute atomic E-state index is 0.0569. The van der Waals surface area contributed by atoms with Crippen molar-refractivity contribution in [1.29, 1.82) is 5.41 Å². The van der Waals surface area contributed by atoms with E-state index in [4.69, 9.17) is 21.6 Å². The minimum atomic E-state index is -4.42. The van der Waals surface area contributed by atoms with Crippen LogP contribution in [0.25, 0.3) is 0 Å². The second-order valence-corrected chi connectivity index (χ2v) is 4.50. The van der Waals surface area contributed by atoms with Crippen molar-refractivity contribution in [1.82, 2.24) is 9.97 Å². The minimum Gasteiger partial charge on any atom is -0.463 e. The topological polar surface area (TPSA) is 135 Å². The van der Waals surface area contributed by atoms with Gasteiger partial charge in [0, 0.05) is 12.6 Å². The average molecular weight is 333 g/mol. The largest absolute Gasteiger partial charge is 0.463 e. The second kappa shape index (κ2) is 8.76. The molecular weight excluding hydrogens is 315 g/mol. The Morgan fingerprint density at radius 2 is 2.09 bits per heavy atom. The number of halogens is 3. The van der Waals surface area contributed by atoms with Gasteiger partial charge >= 0.3 is 12.2 Å². The van der Waals surface area contributed by atoms with Gasteiger partial charge in [0.25, 0.3) is 0 Å². The van der Waals surface area contributed by atoms with Crippen molar-refractivity contribution >= 4 is 17.6 Å². The summed E-state index contributed by atoms with van der Waals surface area (Å²) < 4.78 is 41.3. The van der Waals surface area contributed by atoms with Gasteiger partial charge < -0.3 is 21.5 Å². The van der Waals surface area contributed by atoms with E-state index >= 15 is 0 Å². The highest BCUT2D eigenvalue weighted by Gasteiger charge is 2.26. The van der Waals surface area contributed by atoms with Gasteiger partial charge in [-0.15, -0.1) is 0 Å². The van der Waals surface area contributed by atoms with Gasteiger partial charge in [-0.05, 0) is 18.9 Å². The van der Waals surface area contributed by atoms with E-state index in [1.165, 1.54) is 12.3 Å². The quantitative estimate of drug-likeness (QED) is 0.321. The fraction of sp³-hybridized carbons (Fsp3) is 0.500. The number of nitrogens with two attached hydrogens (primary N) is 2. The number of hydrogen-bond donors (Lipinski definition) is 4. The molecule has 0 fully saturated rings. The van der Waals surface area contributed by atoms with Gasteiger partial charge in [0.1, 0.15) is 12.4 Å². The van der Waals surface area contributed by atoms with E-state index in [0.29, 0.717) is 25.9 Å². The number of hydrogen-bond acceptors (Lipinski definition) is 5. The third kappa shape index (κ3) is 9.11. The van der Waals surface area contributed by atoms with Crippen LogP contribution < -0.4 is 21.5 Å². The summed E-state index contributed by atoms with van der Waals surface area (Å²) in [6.07, 6.45) is -1.21. The molecule has 23 heavy (non-hydrogen) atoms. The molecule has 0 atom stereocenters. The van der Waals surface area contributed by atoms with Crippen molar-refractivity contribution in [2.45, 2.75) is 25.4 Å². The number of anilines is 1. The molecule has 0 aliphatic heterocycles. The SMILES string of the molecule is N=C(N)CCCCOc1nccc(NC(N)=NCC(F)(F)F)n1. The number of nitrogens with zero attached hydrogens (tertiary/aromatic N) is 3. The van der Waals surface area contributed by atoms with E-state index in [-0.39, 0.29) is 17.7 Å². The maximum atomic E-state index is 12.0. The van der Waals surface area contributed by atoms with Crippen molar-refractivity contribution in [2.24, 2.45) is 16.5 Å². The Balaban J connectivity index is 2.45. The van der Waals surface area contributed by atoms with Crippen LogP contribution in [-0.2, 0) is 0 Å². The maximum Gasteiger partial charge on any atom is 0.408 e. The van der Waals surface area contributed by atoms with Crippen LogP contribution in [0.15, 0.2) is 17.3 Å². The first-order valence-corrected chi connectivity index (χ1v) is 6.69. The summed E-state index contributed by atoms with van der Waals surface area (Å²) >= 11 is 0. The molecule has 11 heteroatoms. The van der Waals surface area contributed by atoms with Gasteiger partial charge in [-0.3, -0.25) is 5.41 Å². The van der Waals surface area contributed by atoms with Crippen LogP contribution in [0.2, 0.25) is 0 Å². The predicted molar refractivity (Wildman–Crippen MR) is 79.5 cm³/mol. The highest BCUT2D eigenvalue weighted by Crippen LogP contribution is 2.14.